The van der Waals surface area contributed by atoms with Crippen LogP contribution in [0.15, 0.2) is 188 Å². The maximum absolute atomic E-state index is 2.49. The van der Waals surface area contributed by atoms with E-state index in [1.807, 2.05) is 0 Å². The fourth-order valence-electron chi connectivity index (χ4n) is 8.44. The summed E-state index contributed by atoms with van der Waals surface area (Å²) in [5, 5.41) is 7.51. The van der Waals surface area contributed by atoms with Crippen molar-refractivity contribution >= 4 is 65.4 Å². The van der Waals surface area contributed by atoms with Crippen LogP contribution < -0.4 is 0 Å². The van der Waals surface area contributed by atoms with E-state index in [1.165, 1.54) is 82.2 Å². The summed E-state index contributed by atoms with van der Waals surface area (Å²) in [6.45, 7) is 0. The van der Waals surface area contributed by atoms with Gasteiger partial charge in [0.2, 0.25) is 0 Å². The molecule has 0 amide bonds. The minimum Gasteiger partial charge on any atom is -0.309 e. The van der Waals surface area contributed by atoms with Crippen LogP contribution in [0.25, 0.3) is 93.6 Å². The molecule has 0 spiro atoms. The van der Waals surface area contributed by atoms with Crippen LogP contribution in [0.5, 0.6) is 0 Å². The zero-order valence-corrected chi connectivity index (χ0v) is 27.7. The van der Waals surface area contributed by atoms with Crippen molar-refractivity contribution in [1.29, 1.82) is 0 Å². The minimum atomic E-state index is 1.15. The lowest BCUT2D eigenvalue weighted by Crippen LogP contribution is -1.97. The zero-order chi connectivity index (χ0) is 33.5. The number of aromatic nitrogens is 3. The lowest BCUT2D eigenvalue weighted by atomic mass is 10.1. The largest absolute Gasteiger partial charge is 0.309 e. The smallest absolute Gasteiger partial charge is 0.0562 e. The van der Waals surface area contributed by atoms with Crippen molar-refractivity contribution < 1.29 is 0 Å². The SMILES string of the molecule is c1ccc(-c2ccc(-n3c4ccccc4c4c(-n5c6ccccc6c6cc7c8ccccc8n(-c8ccccc8)c7cc65)cccc43)cc2)cc1. The van der Waals surface area contributed by atoms with E-state index in [9.17, 15) is 0 Å². The van der Waals surface area contributed by atoms with Crippen LogP contribution in [0.1, 0.15) is 0 Å². The van der Waals surface area contributed by atoms with Crippen molar-refractivity contribution in [3.05, 3.63) is 188 Å². The van der Waals surface area contributed by atoms with Gasteiger partial charge in [0.05, 0.1) is 38.8 Å². The average molecular weight is 650 g/mol. The van der Waals surface area contributed by atoms with Gasteiger partial charge in [0, 0.05) is 43.7 Å². The first-order chi connectivity index (χ1) is 25.3. The van der Waals surface area contributed by atoms with E-state index < -0.39 is 0 Å². The van der Waals surface area contributed by atoms with Gasteiger partial charge in [-0.25, -0.2) is 0 Å². The fraction of sp³-hybridized carbons (Fsp3) is 0. The lowest BCUT2D eigenvalue weighted by Gasteiger charge is -2.12. The summed E-state index contributed by atoms with van der Waals surface area (Å²) in [6, 6.07) is 68.4. The van der Waals surface area contributed by atoms with Crippen LogP contribution in [0.4, 0.5) is 0 Å². The molecule has 0 aliphatic carbocycles. The lowest BCUT2D eigenvalue weighted by molar-refractivity contribution is 1.16. The van der Waals surface area contributed by atoms with E-state index in [4.69, 9.17) is 0 Å². The quantitative estimate of drug-likeness (QED) is 0.180. The van der Waals surface area contributed by atoms with Crippen LogP contribution >= 0.6 is 0 Å². The van der Waals surface area contributed by atoms with E-state index in [1.54, 1.807) is 0 Å². The Hall–Kier alpha value is -6.84. The molecule has 11 rings (SSSR count). The summed E-state index contributed by atoms with van der Waals surface area (Å²) in [4.78, 5) is 0. The van der Waals surface area contributed by atoms with Gasteiger partial charge in [0.15, 0.2) is 0 Å². The van der Waals surface area contributed by atoms with Crippen molar-refractivity contribution in [2.45, 2.75) is 0 Å². The highest BCUT2D eigenvalue weighted by Gasteiger charge is 2.21. The first kappa shape index (κ1) is 28.0. The van der Waals surface area contributed by atoms with Crippen molar-refractivity contribution in [2.75, 3.05) is 0 Å². The molecular weight excluding hydrogens is 619 g/mol. The molecule has 0 aliphatic heterocycles. The Morgan fingerprint density at radius 1 is 0.255 bits per heavy atom. The number of fused-ring (bicyclic) bond motifs is 9. The molecule has 8 aromatic carbocycles. The maximum atomic E-state index is 2.49. The molecule has 0 radical (unpaired) electrons. The summed E-state index contributed by atoms with van der Waals surface area (Å²) in [5.74, 6) is 0. The molecule has 0 atom stereocenters. The Kier molecular flexibility index (Phi) is 5.96. The van der Waals surface area contributed by atoms with Gasteiger partial charge in [-0.1, -0.05) is 121 Å². The van der Waals surface area contributed by atoms with E-state index in [-0.39, 0.29) is 0 Å². The van der Waals surface area contributed by atoms with Crippen LogP contribution in [0.2, 0.25) is 0 Å². The molecule has 3 nitrogen and oxygen atoms in total. The third-order valence-electron chi connectivity index (χ3n) is 10.6. The molecular formula is C48H31N3. The normalized spacial score (nSPS) is 11.9. The van der Waals surface area contributed by atoms with Crippen LogP contribution in [-0.4, -0.2) is 13.7 Å². The van der Waals surface area contributed by atoms with Gasteiger partial charge in [0.25, 0.3) is 0 Å². The Morgan fingerprint density at radius 2 is 0.725 bits per heavy atom. The topological polar surface area (TPSA) is 14.8 Å². The Balaban J connectivity index is 1.22. The van der Waals surface area contributed by atoms with Gasteiger partial charge in [-0.05, 0) is 77.9 Å². The predicted molar refractivity (Wildman–Crippen MR) is 215 cm³/mol. The van der Waals surface area contributed by atoms with E-state index in [2.05, 4.69) is 202 Å². The van der Waals surface area contributed by atoms with Crippen molar-refractivity contribution in [1.82, 2.24) is 13.7 Å². The number of para-hydroxylation sites is 4. The molecule has 0 aliphatic rings. The Morgan fingerprint density at radius 3 is 1.41 bits per heavy atom. The molecule has 3 heteroatoms. The summed E-state index contributed by atoms with van der Waals surface area (Å²) in [5.41, 5.74) is 13.1. The number of rotatable bonds is 4. The second-order valence-electron chi connectivity index (χ2n) is 13.4. The average Bonchev–Trinajstić information content (AvgIpc) is 3.83. The van der Waals surface area contributed by atoms with Crippen LogP contribution in [-0.2, 0) is 0 Å². The second kappa shape index (κ2) is 10.8. The fourth-order valence-corrected chi connectivity index (χ4v) is 8.44. The predicted octanol–water partition coefficient (Wildman–Crippen LogP) is 12.6. The van der Waals surface area contributed by atoms with Crippen molar-refractivity contribution in [3.8, 4) is 28.2 Å². The third-order valence-corrected chi connectivity index (χ3v) is 10.6. The van der Waals surface area contributed by atoms with Crippen LogP contribution in [0, 0.1) is 0 Å². The number of hydrogen-bond acceptors (Lipinski definition) is 0. The molecule has 11 aromatic rings. The van der Waals surface area contributed by atoms with E-state index >= 15 is 0 Å². The molecule has 0 N–H and O–H groups in total. The van der Waals surface area contributed by atoms with Gasteiger partial charge in [-0.3, -0.25) is 0 Å². The van der Waals surface area contributed by atoms with Gasteiger partial charge in [-0.2, -0.15) is 0 Å². The van der Waals surface area contributed by atoms with E-state index in [0.717, 1.165) is 11.4 Å². The third kappa shape index (κ3) is 4.06. The highest BCUT2D eigenvalue weighted by atomic mass is 15.0. The van der Waals surface area contributed by atoms with Crippen LogP contribution in [0.3, 0.4) is 0 Å². The second-order valence-corrected chi connectivity index (χ2v) is 13.4. The van der Waals surface area contributed by atoms with Gasteiger partial charge in [-0.15, -0.1) is 0 Å². The number of nitrogens with zero attached hydrogens (tertiary/aromatic N) is 3. The molecule has 0 saturated carbocycles. The van der Waals surface area contributed by atoms with Crippen molar-refractivity contribution in [2.24, 2.45) is 0 Å². The summed E-state index contributed by atoms with van der Waals surface area (Å²) in [7, 11) is 0. The first-order valence-corrected chi connectivity index (χ1v) is 17.5. The standard InChI is InChI=1S/C48H31N3/c1-3-14-32(15-4-1)33-26-28-35(29-27-33)49-43-23-12-9-20-38(43)48-44(49)24-13-25-45(48)51-42-22-11-8-19-37(42)40-30-39-36-18-7-10-21-41(36)50(46(39)31-47(40)51)34-16-5-2-6-17-34/h1-31H. The highest BCUT2D eigenvalue weighted by Crippen LogP contribution is 2.42. The monoisotopic (exact) mass is 649 g/mol. The molecule has 0 bridgehead atoms. The summed E-state index contributed by atoms with van der Waals surface area (Å²) >= 11 is 0. The number of benzene rings is 8. The Bertz CT molecular complexity index is 3110. The highest BCUT2D eigenvalue weighted by molar-refractivity contribution is 6.21. The van der Waals surface area contributed by atoms with Gasteiger partial charge >= 0.3 is 0 Å². The summed E-state index contributed by atoms with van der Waals surface area (Å²) in [6.07, 6.45) is 0. The molecule has 0 saturated heterocycles. The summed E-state index contributed by atoms with van der Waals surface area (Å²) < 4.78 is 7.33. The zero-order valence-electron chi connectivity index (χ0n) is 27.7. The number of hydrogen-bond donors (Lipinski definition) is 0. The molecule has 3 heterocycles. The van der Waals surface area contributed by atoms with Gasteiger partial charge in [0.1, 0.15) is 0 Å². The molecule has 0 fully saturated rings. The van der Waals surface area contributed by atoms with E-state index in [0.29, 0.717) is 0 Å². The molecule has 238 valence electrons. The molecule has 51 heavy (non-hydrogen) atoms. The van der Waals surface area contributed by atoms with Crippen molar-refractivity contribution in [3.63, 3.8) is 0 Å². The first-order valence-electron chi connectivity index (χ1n) is 17.5. The van der Waals surface area contributed by atoms with Gasteiger partial charge < -0.3 is 13.7 Å². The minimum absolute atomic E-state index is 1.15. The Labute approximate surface area is 294 Å². The maximum Gasteiger partial charge on any atom is 0.0562 e. The molecule has 3 aromatic heterocycles. The molecule has 0 unspecified atom stereocenters.